The molecule has 0 unspecified atom stereocenters. The van der Waals surface area contributed by atoms with E-state index in [9.17, 15) is 14.4 Å². The van der Waals surface area contributed by atoms with Crippen LogP contribution in [0, 0.1) is 6.92 Å². The van der Waals surface area contributed by atoms with Crippen molar-refractivity contribution in [1.82, 2.24) is 20.1 Å². The van der Waals surface area contributed by atoms with Gasteiger partial charge in [-0.3, -0.25) is 9.59 Å². The normalized spacial score (nSPS) is 14.5. The van der Waals surface area contributed by atoms with Gasteiger partial charge in [-0.1, -0.05) is 11.6 Å². The van der Waals surface area contributed by atoms with Crippen molar-refractivity contribution >= 4 is 17.8 Å². The number of aryl methyl sites for hydroxylation is 1. The monoisotopic (exact) mass is 300 g/mol. The smallest absolute Gasteiger partial charge is 0.325 e. The summed E-state index contributed by atoms with van der Waals surface area (Å²) in [6.07, 6.45) is 3.05. The highest BCUT2D eigenvalue weighted by molar-refractivity contribution is 6.03. The summed E-state index contributed by atoms with van der Waals surface area (Å²) >= 11 is 0. The van der Waals surface area contributed by atoms with Gasteiger partial charge in [0.1, 0.15) is 5.69 Å². The zero-order valence-corrected chi connectivity index (χ0v) is 11.7. The molecule has 0 N–H and O–H groups in total. The fraction of sp³-hybridized carbons (Fsp3) is 0.214. The van der Waals surface area contributed by atoms with Gasteiger partial charge in [0.25, 0.3) is 11.8 Å². The summed E-state index contributed by atoms with van der Waals surface area (Å²) in [6, 6.07) is 5.05. The lowest BCUT2D eigenvalue weighted by Gasteiger charge is -2.14. The van der Waals surface area contributed by atoms with Gasteiger partial charge in [-0.25, -0.2) is 4.79 Å². The van der Waals surface area contributed by atoms with Crippen LogP contribution in [0.5, 0.6) is 0 Å². The number of rotatable bonds is 3. The molecule has 3 rings (SSSR count). The minimum absolute atomic E-state index is 0.0491. The average molecular weight is 300 g/mol. The van der Waals surface area contributed by atoms with Gasteiger partial charge in [0.05, 0.1) is 18.0 Å². The van der Waals surface area contributed by atoms with E-state index in [1.165, 1.54) is 17.2 Å². The highest BCUT2D eigenvalue weighted by Crippen LogP contribution is 2.19. The van der Waals surface area contributed by atoms with Crippen LogP contribution in [0.25, 0.3) is 5.69 Å². The minimum Gasteiger partial charge on any atom is -0.325 e. The SMILES string of the molecule is Cc1ccc(-n2nccn2)c(C(=O)ON2C(=O)CCC2=O)c1. The number of hydrogen-bond donors (Lipinski definition) is 0. The van der Waals surface area contributed by atoms with Crippen molar-refractivity contribution in [1.29, 1.82) is 0 Å². The Bertz CT molecular complexity index is 738. The Morgan fingerprint density at radius 1 is 1.14 bits per heavy atom. The van der Waals surface area contributed by atoms with Crippen LogP contribution in [0.1, 0.15) is 28.8 Å². The van der Waals surface area contributed by atoms with Gasteiger partial charge < -0.3 is 4.84 Å². The molecule has 1 aliphatic rings. The summed E-state index contributed by atoms with van der Waals surface area (Å²) in [6.45, 7) is 1.81. The van der Waals surface area contributed by atoms with Crippen LogP contribution < -0.4 is 0 Å². The van der Waals surface area contributed by atoms with Crippen molar-refractivity contribution in [3.63, 3.8) is 0 Å². The van der Waals surface area contributed by atoms with Crippen LogP contribution in [0.15, 0.2) is 30.6 Å². The van der Waals surface area contributed by atoms with Crippen molar-refractivity contribution in [2.75, 3.05) is 0 Å². The van der Waals surface area contributed by atoms with E-state index in [-0.39, 0.29) is 18.4 Å². The molecule has 2 aromatic rings. The third-order valence-electron chi connectivity index (χ3n) is 3.19. The number of carbonyl (C=O) groups is 3. The molecule has 8 heteroatoms. The van der Waals surface area contributed by atoms with E-state index in [0.29, 0.717) is 10.8 Å². The Balaban J connectivity index is 1.93. The van der Waals surface area contributed by atoms with Crippen molar-refractivity contribution < 1.29 is 19.2 Å². The number of hydrogen-bond acceptors (Lipinski definition) is 6. The predicted octanol–water partition coefficient (Wildman–Crippen LogP) is 0.797. The summed E-state index contributed by atoms with van der Waals surface area (Å²) in [4.78, 5) is 41.6. The maximum atomic E-state index is 12.3. The quantitative estimate of drug-likeness (QED) is 0.778. The number of imide groups is 1. The summed E-state index contributed by atoms with van der Waals surface area (Å²) in [5.41, 5.74) is 1.39. The molecule has 0 spiro atoms. The molecule has 1 fully saturated rings. The molecule has 1 aromatic heterocycles. The van der Waals surface area contributed by atoms with Crippen molar-refractivity contribution in [3.8, 4) is 5.69 Å². The lowest BCUT2D eigenvalue weighted by atomic mass is 10.1. The van der Waals surface area contributed by atoms with Crippen molar-refractivity contribution in [2.24, 2.45) is 0 Å². The lowest BCUT2D eigenvalue weighted by molar-refractivity contribution is -0.172. The Labute approximate surface area is 125 Å². The summed E-state index contributed by atoms with van der Waals surface area (Å²) in [5.74, 6) is -1.85. The first-order valence-corrected chi connectivity index (χ1v) is 6.61. The average Bonchev–Trinajstić information content (AvgIpc) is 3.12. The Kier molecular flexibility index (Phi) is 3.42. The summed E-state index contributed by atoms with van der Waals surface area (Å²) < 4.78 is 0. The first-order chi connectivity index (χ1) is 10.6. The van der Waals surface area contributed by atoms with Crippen LogP contribution >= 0.6 is 0 Å². The van der Waals surface area contributed by atoms with E-state index in [2.05, 4.69) is 10.2 Å². The highest BCUT2D eigenvalue weighted by Gasteiger charge is 2.33. The molecule has 0 aliphatic carbocycles. The first kappa shape index (κ1) is 13.9. The molecule has 0 radical (unpaired) electrons. The van der Waals surface area contributed by atoms with Crippen molar-refractivity contribution in [2.45, 2.75) is 19.8 Å². The van der Waals surface area contributed by atoms with E-state index >= 15 is 0 Å². The number of aromatic nitrogens is 3. The fourth-order valence-electron chi connectivity index (χ4n) is 2.12. The lowest BCUT2D eigenvalue weighted by Crippen LogP contribution is -2.32. The predicted molar refractivity (Wildman–Crippen MR) is 72.6 cm³/mol. The number of amides is 2. The number of carbonyl (C=O) groups excluding carboxylic acids is 3. The van der Waals surface area contributed by atoms with Gasteiger partial charge in [0.2, 0.25) is 0 Å². The molecular formula is C14H12N4O4. The largest absolute Gasteiger partial charge is 0.366 e. The summed E-state index contributed by atoms with van der Waals surface area (Å²) in [7, 11) is 0. The van der Waals surface area contributed by atoms with Gasteiger partial charge in [0.15, 0.2) is 0 Å². The van der Waals surface area contributed by atoms with Gasteiger partial charge in [0, 0.05) is 12.8 Å². The molecule has 2 heterocycles. The third kappa shape index (κ3) is 2.46. The van der Waals surface area contributed by atoms with Crippen LogP contribution in [0.4, 0.5) is 0 Å². The second kappa shape index (κ2) is 5.40. The third-order valence-corrected chi connectivity index (χ3v) is 3.19. The zero-order chi connectivity index (χ0) is 15.7. The van der Waals surface area contributed by atoms with E-state index < -0.39 is 17.8 Å². The van der Waals surface area contributed by atoms with Gasteiger partial charge in [-0.2, -0.15) is 15.0 Å². The zero-order valence-electron chi connectivity index (χ0n) is 11.7. The van der Waals surface area contributed by atoms with Gasteiger partial charge in [-0.15, -0.1) is 5.06 Å². The topological polar surface area (TPSA) is 94.4 Å². The number of nitrogens with zero attached hydrogens (tertiary/aromatic N) is 4. The Morgan fingerprint density at radius 3 is 2.41 bits per heavy atom. The summed E-state index contributed by atoms with van der Waals surface area (Å²) in [5, 5.41) is 8.46. The molecule has 1 aliphatic heterocycles. The Hall–Kier alpha value is -3.03. The fourth-order valence-corrected chi connectivity index (χ4v) is 2.12. The standard InChI is InChI=1S/C14H12N4O4/c1-9-2-3-11(18-15-6-7-16-18)10(8-9)14(21)22-17-12(19)4-5-13(17)20/h2-3,6-8H,4-5H2,1H3. The maximum Gasteiger partial charge on any atom is 0.366 e. The van der Waals surface area contributed by atoms with E-state index in [4.69, 9.17) is 4.84 Å². The Morgan fingerprint density at radius 2 is 1.77 bits per heavy atom. The van der Waals surface area contributed by atoms with Crippen LogP contribution in [0.2, 0.25) is 0 Å². The highest BCUT2D eigenvalue weighted by atomic mass is 16.7. The van der Waals surface area contributed by atoms with E-state index in [0.717, 1.165) is 5.56 Å². The molecular weight excluding hydrogens is 288 g/mol. The van der Waals surface area contributed by atoms with Gasteiger partial charge in [-0.05, 0) is 19.1 Å². The molecule has 1 aromatic carbocycles. The van der Waals surface area contributed by atoms with Crippen LogP contribution in [-0.2, 0) is 14.4 Å². The molecule has 2 amide bonds. The van der Waals surface area contributed by atoms with E-state index in [1.54, 1.807) is 18.2 Å². The van der Waals surface area contributed by atoms with Gasteiger partial charge >= 0.3 is 5.97 Å². The molecule has 112 valence electrons. The second-order valence-corrected chi connectivity index (χ2v) is 4.80. The first-order valence-electron chi connectivity index (χ1n) is 6.61. The molecule has 22 heavy (non-hydrogen) atoms. The van der Waals surface area contributed by atoms with Crippen molar-refractivity contribution in [3.05, 3.63) is 41.7 Å². The van der Waals surface area contributed by atoms with Crippen LogP contribution in [0.3, 0.4) is 0 Å². The molecule has 8 nitrogen and oxygen atoms in total. The molecule has 0 atom stereocenters. The van der Waals surface area contributed by atoms with E-state index in [1.807, 2.05) is 6.92 Å². The van der Waals surface area contributed by atoms with Crippen LogP contribution in [-0.4, -0.2) is 37.8 Å². The second-order valence-electron chi connectivity index (χ2n) is 4.80. The maximum absolute atomic E-state index is 12.3. The minimum atomic E-state index is -0.806. The molecule has 0 bridgehead atoms. The molecule has 1 saturated heterocycles. The molecule has 0 saturated carbocycles. The number of hydroxylamine groups is 2. The number of benzene rings is 1.